The van der Waals surface area contributed by atoms with Crippen molar-refractivity contribution in [3.05, 3.63) is 0 Å². The van der Waals surface area contributed by atoms with Crippen LogP contribution in [0.25, 0.3) is 0 Å². The molecule has 2 atom stereocenters. The van der Waals surface area contributed by atoms with Gasteiger partial charge in [0.1, 0.15) is 0 Å². The zero-order valence-electron chi connectivity index (χ0n) is 15.4. The third kappa shape index (κ3) is 4.36. The Bertz CT molecular complexity index is 297. The zero-order valence-corrected chi connectivity index (χ0v) is 16.6. The first-order chi connectivity index (χ1) is 10.6. The minimum atomic E-state index is -1.59. The lowest BCUT2D eigenvalue weighted by Crippen LogP contribution is -2.44. The van der Waals surface area contributed by atoms with E-state index in [1.54, 1.807) is 0 Å². The molecule has 0 heterocycles. The van der Waals surface area contributed by atoms with Crippen LogP contribution in [0.2, 0.25) is 5.04 Å². The van der Waals surface area contributed by atoms with Crippen molar-refractivity contribution >= 4 is 9.28 Å². The average Bonchev–Trinajstić information content (AvgIpc) is 2.97. The summed E-state index contributed by atoms with van der Waals surface area (Å²) < 4.78 is 12.8. The van der Waals surface area contributed by atoms with Crippen molar-refractivity contribution in [1.29, 1.82) is 0 Å². The molecule has 0 N–H and O–H groups in total. The summed E-state index contributed by atoms with van der Waals surface area (Å²) in [6.07, 6.45) is 12.0. The second-order valence-electron chi connectivity index (χ2n) is 8.13. The van der Waals surface area contributed by atoms with E-state index in [1.165, 1.54) is 44.9 Å². The highest BCUT2D eigenvalue weighted by molar-refractivity contribution is 6.49. The average molecular weight is 327 g/mol. The van der Waals surface area contributed by atoms with Gasteiger partial charge in [0.25, 0.3) is 0 Å². The highest BCUT2D eigenvalue weighted by atomic mass is 28.3. The van der Waals surface area contributed by atoms with Crippen LogP contribution < -0.4 is 0 Å². The van der Waals surface area contributed by atoms with E-state index >= 15 is 0 Å². The summed E-state index contributed by atoms with van der Waals surface area (Å²) in [5, 5.41) is 0.438. The van der Waals surface area contributed by atoms with E-state index in [4.69, 9.17) is 8.85 Å². The van der Waals surface area contributed by atoms with Crippen molar-refractivity contribution in [3.8, 4) is 0 Å². The molecule has 2 saturated carbocycles. The Balaban J connectivity index is 2.15. The van der Waals surface area contributed by atoms with Crippen molar-refractivity contribution < 1.29 is 8.85 Å². The van der Waals surface area contributed by atoms with Crippen molar-refractivity contribution in [3.63, 3.8) is 0 Å². The van der Waals surface area contributed by atoms with Crippen LogP contribution in [0.15, 0.2) is 0 Å². The Morgan fingerprint density at radius 2 is 1.36 bits per heavy atom. The van der Waals surface area contributed by atoms with Crippen LogP contribution in [0.1, 0.15) is 85.5 Å². The quantitative estimate of drug-likeness (QED) is 0.552. The topological polar surface area (TPSA) is 18.5 Å². The summed E-state index contributed by atoms with van der Waals surface area (Å²) in [7, 11) is -1.59. The lowest BCUT2D eigenvalue weighted by atomic mass is 9.70. The molecule has 2 fully saturated rings. The van der Waals surface area contributed by atoms with Gasteiger partial charge < -0.3 is 8.85 Å². The van der Waals surface area contributed by atoms with Gasteiger partial charge >= 0.3 is 9.28 Å². The summed E-state index contributed by atoms with van der Waals surface area (Å²) in [5.41, 5.74) is 0. The van der Waals surface area contributed by atoms with Crippen molar-refractivity contribution in [2.24, 2.45) is 17.8 Å². The minimum Gasteiger partial charge on any atom is -0.396 e. The number of hydrogen-bond acceptors (Lipinski definition) is 2. The van der Waals surface area contributed by atoms with Gasteiger partial charge in [-0.1, -0.05) is 40.5 Å². The molecule has 0 aromatic carbocycles. The molecule has 0 spiro atoms. The predicted molar refractivity (Wildman–Crippen MR) is 96.5 cm³/mol. The molecule has 22 heavy (non-hydrogen) atoms. The maximum absolute atomic E-state index is 6.42. The maximum atomic E-state index is 6.42. The molecular weight excluding hydrogens is 288 g/mol. The van der Waals surface area contributed by atoms with E-state index in [0.717, 1.165) is 43.8 Å². The van der Waals surface area contributed by atoms with Crippen LogP contribution in [0.3, 0.4) is 0 Å². The van der Waals surface area contributed by atoms with E-state index in [1.807, 2.05) is 0 Å². The summed E-state index contributed by atoms with van der Waals surface area (Å²) in [4.78, 5) is 0. The molecule has 0 aromatic heterocycles. The summed E-state index contributed by atoms with van der Waals surface area (Å²) >= 11 is 0. The molecule has 0 saturated heterocycles. The second kappa shape index (κ2) is 8.84. The maximum Gasteiger partial charge on any atom is 0.328 e. The molecule has 2 rings (SSSR count). The van der Waals surface area contributed by atoms with Gasteiger partial charge in [0.15, 0.2) is 0 Å². The molecule has 2 aliphatic carbocycles. The number of hydrogen-bond donors (Lipinski definition) is 0. The Hall–Kier alpha value is 0.137. The Kier molecular flexibility index (Phi) is 7.42. The van der Waals surface area contributed by atoms with Crippen LogP contribution in [0, 0.1) is 17.8 Å². The van der Waals surface area contributed by atoms with Crippen molar-refractivity contribution in [1.82, 2.24) is 0 Å². The Labute approximate surface area is 140 Å². The van der Waals surface area contributed by atoms with Gasteiger partial charge in [0.05, 0.1) is 0 Å². The fourth-order valence-corrected chi connectivity index (χ4v) is 8.31. The summed E-state index contributed by atoms with van der Waals surface area (Å²) in [6.45, 7) is 11.2. The van der Waals surface area contributed by atoms with Crippen LogP contribution in [-0.4, -0.2) is 22.5 Å². The first kappa shape index (κ1) is 18.5. The molecule has 2 nitrogen and oxygen atoms in total. The van der Waals surface area contributed by atoms with Gasteiger partial charge in [-0.2, -0.15) is 0 Å². The van der Waals surface area contributed by atoms with E-state index in [9.17, 15) is 0 Å². The number of rotatable bonds is 8. The highest BCUT2D eigenvalue weighted by Crippen LogP contribution is 2.59. The van der Waals surface area contributed by atoms with Gasteiger partial charge in [-0.15, -0.1) is 0 Å². The third-order valence-electron chi connectivity index (χ3n) is 5.94. The minimum absolute atomic E-state index is 0.438. The molecular formula is C19H38O2Si. The van der Waals surface area contributed by atoms with E-state index < -0.39 is 9.28 Å². The summed E-state index contributed by atoms with van der Waals surface area (Å²) in [6, 6.07) is 0. The SMILES string of the molecule is CCCO[SiH](OCCC)C1(C2CC(C)CC(C)C2)CCCC1. The molecule has 2 unspecified atom stereocenters. The summed E-state index contributed by atoms with van der Waals surface area (Å²) in [5.74, 6) is 2.63. The van der Waals surface area contributed by atoms with Crippen molar-refractivity contribution in [2.75, 3.05) is 13.2 Å². The normalized spacial score (nSPS) is 31.8. The van der Waals surface area contributed by atoms with Crippen LogP contribution in [0.5, 0.6) is 0 Å². The molecule has 2 aliphatic rings. The van der Waals surface area contributed by atoms with E-state index in [0.29, 0.717) is 5.04 Å². The van der Waals surface area contributed by atoms with E-state index in [2.05, 4.69) is 27.7 Å². The molecule has 3 heteroatoms. The third-order valence-corrected chi connectivity index (χ3v) is 9.01. The predicted octanol–water partition coefficient (Wildman–Crippen LogP) is 5.45. The van der Waals surface area contributed by atoms with E-state index in [-0.39, 0.29) is 0 Å². The molecule has 0 bridgehead atoms. The van der Waals surface area contributed by atoms with Crippen LogP contribution in [-0.2, 0) is 8.85 Å². The second-order valence-corrected chi connectivity index (χ2v) is 10.6. The standard InChI is InChI=1S/C19H38O2Si/c1-5-11-20-22(21-12-6-2)19(9-7-8-10-19)18-14-16(3)13-17(4)15-18/h16-18,22H,5-15H2,1-4H3. The molecule has 130 valence electrons. The van der Waals surface area contributed by atoms with Crippen LogP contribution >= 0.6 is 0 Å². The fraction of sp³-hybridized carbons (Fsp3) is 1.00. The highest BCUT2D eigenvalue weighted by Gasteiger charge is 2.51. The molecule has 0 amide bonds. The fourth-order valence-electron chi connectivity index (χ4n) is 5.12. The lowest BCUT2D eigenvalue weighted by molar-refractivity contribution is 0.110. The monoisotopic (exact) mass is 326 g/mol. The largest absolute Gasteiger partial charge is 0.396 e. The van der Waals surface area contributed by atoms with Gasteiger partial charge in [0, 0.05) is 18.3 Å². The van der Waals surface area contributed by atoms with Gasteiger partial charge in [-0.3, -0.25) is 0 Å². The van der Waals surface area contributed by atoms with Gasteiger partial charge in [-0.05, 0) is 62.7 Å². The molecule has 0 radical (unpaired) electrons. The molecule has 0 aromatic rings. The first-order valence-electron chi connectivity index (χ1n) is 9.85. The molecule has 0 aliphatic heterocycles. The Morgan fingerprint density at radius 3 is 1.82 bits per heavy atom. The van der Waals surface area contributed by atoms with Crippen LogP contribution in [0.4, 0.5) is 0 Å². The lowest BCUT2D eigenvalue weighted by Gasteiger charge is -2.46. The smallest absolute Gasteiger partial charge is 0.328 e. The first-order valence-corrected chi connectivity index (χ1v) is 11.4. The van der Waals surface area contributed by atoms with Gasteiger partial charge in [0.2, 0.25) is 0 Å². The Morgan fingerprint density at radius 1 is 0.864 bits per heavy atom. The van der Waals surface area contributed by atoms with Gasteiger partial charge in [-0.25, -0.2) is 0 Å². The zero-order chi connectivity index (χ0) is 16.0. The van der Waals surface area contributed by atoms with Crippen molar-refractivity contribution in [2.45, 2.75) is 90.5 Å².